The number of anilines is 1. The molecule has 0 fully saturated rings. The summed E-state index contributed by atoms with van der Waals surface area (Å²) in [6, 6.07) is 15.0. The van der Waals surface area contributed by atoms with E-state index in [0.717, 1.165) is 11.5 Å². The molecule has 0 aromatic heterocycles. The van der Waals surface area contributed by atoms with Crippen molar-refractivity contribution in [1.29, 1.82) is 0 Å². The molecule has 0 saturated carbocycles. The van der Waals surface area contributed by atoms with Crippen LogP contribution in [0.5, 0.6) is 0 Å². The Labute approximate surface area is 144 Å². The van der Waals surface area contributed by atoms with Gasteiger partial charge in [-0.3, -0.25) is 0 Å². The summed E-state index contributed by atoms with van der Waals surface area (Å²) >= 11 is 13.5. The largest absolute Gasteiger partial charge is 0.337 e. The Kier molecular flexibility index (Phi) is 6.90. The number of thioether (sulfide) groups is 1. The summed E-state index contributed by atoms with van der Waals surface area (Å²) in [5, 5.41) is 6.40. The lowest BCUT2D eigenvalue weighted by Gasteiger charge is -2.08. The highest BCUT2D eigenvalue weighted by molar-refractivity contribution is 7.98. The Morgan fingerprint density at radius 1 is 1.05 bits per heavy atom. The van der Waals surface area contributed by atoms with Gasteiger partial charge in [-0.25, -0.2) is 4.79 Å². The third-order valence-electron chi connectivity index (χ3n) is 2.82. The lowest BCUT2D eigenvalue weighted by atomic mass is 10.2. The first-order valence-electron chi connectivity index (χ1n) is 6.77. The molecular formula is C16H16Cl2N2OS. The SMILES string of the molecule is O=C(NCCSCc1ccccc1)Nc1ccc(Cl)c(Cl)c1. The van der Waals surface area contributed by atoms with Gasteiger partial charge in [0.1, 0.15) is 0 Å². The van der Waals surface area contributed by atoms with E-state index in [-0.39, 0.29) is 6.03 Å². The Hall–Kier alpha value is -1.36. The summed E-state index contributed by atoms with van der Waals surface area (Å²) in [6.07, 6.45) is 0. The van der Waals surface area contributed by atoms with E-state index in [4.69, 9.17) is 23.2 Å². The highest BCUT2D eigenvalue weighted by atomic mass is 35.5. The minimum absolute atomic E-state index is 0.251. The van der Waals surface area contributed by atoms with Crippen molar-refractivity contribution in [3.05, 3.63) is 64.1 Å². The number of hydrogen-bond acceptors (Lipinski definition) is 2. The molecule has 116 valence electrons. The van der Waals surface area contributed by atoms with Crippen molar-refractivity contribution in [2.75, 3.05) is 17.6 Å². The smallest absolute Gasteiger partial charge is 0.319 e. The van der Waals surface area contributed by atoms with E-state index in [9.17, 15) is 4.79 Å². The number of carbonyl (C=O) groups is 1. The number of amides is 2. The van der Waals surface area contributed by atoms with Crippen molar-refractivity contribution >= 4 is 46.7 Å². The summed E-state index contributed by atoms with van der Waals surface area (Å²) in [7, 11) is 0. The monoisotopic (exact) mass is 354 g/mol. The van der Waals surface area contributed by atoms with Crippen molar-refractivity contribution in [1.82, 2.24) is 5.32 Å². The van der Waals surface area contributed by atoms with Crippen LogP contribution >= 0.6 is 35.0 Å². The van der Waals surface area contributed by atoms with Gasteiger partial charge >= 0.3 is 6.03 Å². The molecule has 0 bridgehead atoms. The first kappa shape index (κ1) is 17.0. The van der Waals surface area contributed by atoms with Crippen LogP contribution < -0.4 is 10.6 Å². The molecule has 3 nitrogen and oxygen atoms in total. The van der Waals surface area contributed by atoms with Gasteiger partial charge in [-0.05, 0) is 23.8 Å². The second-order valence-electron chi connectivity index (χ2n) is 4.55. The molecule has 0 saturated heterocycles. The molecule has 0 heterocycles. The van der Waals surface area contributed by atoms with Crippen LogP contribution in [0.2, 0.25) is 10.0 Å². The zero-order valence-corrected chi connectivity index (χ0v) is 14.1. The highest BCUT2D eigenvalue weighted by Gasteiger charge is 2.03. The molecule has 2 rings (SSSR count). The minimum atomic E-state index is -0.251. The van der Waals surface area contributed by atoms with Crippen molar-refractivity contribution in [2.24, 2.45) is 0 Å². The van der Waals surface area contributed by atoms with Gasteiger partial charge in [0, 0.05) is 23.7 Å². The van der Waals surface area contributed by atoms with Gasteiger partial charge in [-0.2, -0.15) is 11.8 Å². The maximum Gasteiger partial charge on any atom is 0.319 e. The molecule has 0 aliphatic carbocycles. The van der Waals surface area contributed by atoms with Crippen LogP contribution in [0.1, 0.15) is 5.56 Å². The van der Waals surface area contributed by atoms with Crippen molar-refractivity contribution < 1.29 is 4.79 Å². The van der Waals surface area contributed by atoms with Crippen LogP contribution in [0.25, 0.3) is 0 Å². The summed E-state index contributed by atoms with van der Waals surface area (Å²) in [5.41, 5.74) is 1.90. The summed E-state index contributed by atoms with van der Waals surface area (Å²) in [6.45, 7) is 0.602. The van der Waals surface area contributed by atoms with E-state index in [0.29, 0.717) is 22.3 Å². The van der Waals surface area contributed by atoms with Crippen molar-refractivity contribution in [3.8, 4) is 0 Å². The molecule has 0 spiro atoms. The first-order chi connectivity index (χ1) is 10.6. The van der Waals surface area contributed by atoms with Crippen LogP contribution in [0.3, 0.4) is 0 Å². The first-order valence-corrected chi connectivity index (χ1v) is 8.68. The van der Waals surface area contributed by atoms with Crippen LogP contribution in [0, 0.1) is 0 Å². The lowest BCUT2D eigenvalue weighted by molar-refractivity contribution is 0.252. The zero-order valence-electron chi connectivity index (χ0n) is 11.8. The van der Waals surface area contributed by atoms with E-state index in [2.05, 4.69) is 22.8 Å². The van der Waals surface area contributed by atoms with Gasteiger partial charge < -0.3 is 10.6 Å². The third-order valence-corrected chi connectivity index (χ3v) is 4.59. The van der Waals surface area contributed by atoms with E-state index in [1.165, 1.54) is 5.56 Å². The molecule has 2 aromatic carbocycles. The number of rotatable bonds is 6. The Morgan fingerprint density at radius 3 is 2.55 bits per heavy atom. The standard InChI is InChI=1S/C16H16Cl2N2OS/c17-14-7-6-13(10-15(14)18)20-16(21)19-8-9-22-11-12-4-2-1-3-5-12/h1-7,10H,8-9,11H2,(H2,19,20,21). The topological polar surface area (TPSA) is 41.1 Å². The minimum Gasteiger partial charge on any atom is -0.337 e. The van der Waals surface area contributed by atoms with Gasteiger partial charge in [0.05, 0.1) is 10.0 Å². The van der Waals surface area contributed by atoms with Crippen LogP contribution in [0.15, 0.2) is 48.5 Å². The number of urea groups is 1. The maximum absolute atomic E-state index is 11.7. The van der Waals surface area contributed by atoms with Crippen molar-refractivity contribution in [3.63, 3.8) is 0 Å². The normalized spacial score (nSPS) is 10.3. The zero-order chi connectivity index (χ0) is 15.8. The fraction of sp³-hybridized carbons (Fsp3) is 0.188. The molecule has 0 aliphatic heterocycles. The van der Waals surface area contributed by atoms with Gasteiger partial charge in [0.25, 0.3) is 0 Å². The lowest BCUT2D eigenvalue weighted by Crippen LogP contribution is -2.30. The highest BCUT2D eigenvalue weighted by Crippen LogP contribution is 2.24. The summed E-state index contributed by atoms with van der Waals surface area (Å²) < 4.78 is 0. The maximum atomic E-state index is 11.7. The average molecular weight is 355 g/mol. The molecule has 0 atom stereocenters. The summed E-state index contributed by atoms with van der Waals surface area (Å²) in [4.78, 5) is 11.7. The quantitative estimate of drug-likeness (QED) is 0.712. The van der Waals surface area contributed by atoms with E-state index >= 15 is 0 Å². The molecule has 22 heavy (non-hydrogen) atoms. The second-order valence-corrected chi connectivity index (χ2v) is 6.47. The van der Waals surface area contributed by atoms with Gasteiger partial charge in [-0.1, -0.05) is 53.5 Å². The summed E-state index contributed by atoms with van der Waals surface area (Å²) in [5.74, 6) is 1.79. The number of hydrogen-bond donors (Lipinski definition) is 2. The number of carbonyl (C=O) groups excluding carboxylic acids is 1. The fourth-order valence-electron chi connectivity index (χ4n) is 1.75. The number of benzene rings is 2. The van der Waals surface area contributed by atoms with Gasteiger partial charge in [0.15, 0.2) is 0 Å². The third kappa shape index (κ3) is 5.79. The van der Waals surface area contributed by atoms with Gasteiger partial charge in [-0.15, -0.1) is 0 Å². The average Bonchev–Trinajstić information content (AvgIpc) is 2.52. The Morgan fingerprint density at radius 2 is 1.82 bits per heavy atom. The van der Waals surface area contributed by atoms with E-state index in [1.54, 1.807) is 30.0 Å². The van der Waals surface area contributed by atoms with Gasteiger partial charge in [0.2, 0.25) is 0 Å². The molecule has 6 heteroatoms. The predicted octanol–water partition coefficient (Wildman–Crippen LogP) is 5.05. The predicted molar refractivity (Wildman–Crippen MR) is 96.1 cm³/mol. The number of halogens is 2. The van der Waals surface area contributed by atoms with Crippen LogP contribution in [0.4, 0.5) is 10.5 Å². The molecule has 2 aromatic rings. The fourth-order valence-corrected chi connectivity index (χ4v) is 2.87. The van der Waals surface area contributed by atoms with Crippen molar-refractivity contribution in [2.45, 2.75) is 5.75 Å². The molecule has 2 N–H and O–H groups in total. The molecule has 0 radical (unpaired) electrons. The van der Waals surface area contributed by atoms with Crippen LogP contribution in [-0.4, -0.2) is 18.3 Å². The molecule has 2 amide bonds. The van der Waals surface area contributed by atoms with Crippen LogP contribution in [-0.2, 0) is 5.75 Å². The Bertz CT molecular complexity index is 623. The molecule has 0 unspecified atom stereocenters. The molecule has 0 aliphatic rings. The van der Waals surface area contributed by atoms with E-state index in [1.807, 2.05) is 18.2 Å². The Balaban J connectivity index is 1.64. The second kappa shape index (κ2) is 8.93. The number of nitrogens with one attached hydrogen (secondary N) is 2. The van der Waals surface area contributed by atoms with E-state index < -0.39 is 0 Å². The molecular weight excluding hydrogens is 339 g/mol.